The molecule has 0 radical (unpaired) electrons. The van der Waals surface area contributed by atoms with Crippen molar-refractivity contribution in [1.29, 1.82) is 0 Å². The van der Waals surface area contributed by atoms with Crippen LogP contribution in [0, 0.1) is 17.8 Å². The first-order chi connectivity index (χ1) is 51.8. The molecule has 27 heteroatoms. The van der Waals surface area contributed by atoms with Gasteiger partial charge in [-0.1, -0.05) is 78.9 Å². The third kappa shape index (κ3) is 16.4. The molecule has 0 aromatic heterocycles. The molecule has 1 fully saturated rings. The number of anilines is 2. The van der Waals surface area contributed by atoms with Crippen molar-refractivity contribution in [2.45, 2.75) is 88.9 Å². The predicted octanol–water partition coefficient (Wildman–Crippen LogP) is 12.5. The molecule has 6 aliphatic rings. The van der Waals surface area contributed by atoms with Gasteiger partial charge in [0.25, 0.3) is 11.8 Å². The Balaban J connectivity index is 0.626. The van der Waals surface area contributed by atoms with Gasteiger partial charge in [0.05, 0.1) is 93.8 Å². The van der Waals surface area contributed by atoms with Crippen molar-refractivity contribution < 1.29 is 96.3 Å². The van der Waals surface area contributed by atoms with E-state index < -0.39 is 91.5 Å². The standard InChI is InChI=1S/C80H77N7O20/c1-44-58(33-73(89)90)59(34-74(91)92)60(35-75(93)94)78(106-44)107-67-22-17-45(27-66(67)85-72(88)23-24-81-79(97)105-43-63-56-15-7-5-13-54(56)55-14-6-8-16-57(55)63)42-104-80(98)84-50-12-9-11-47(28-50)49-30-52-39-83-65-37-71(69(101-4)32-62(65)77(96)87(52)41-49)103-26-10-25-102-70-36-64-61(31-68(70)100-3)76(95)86-40-48(29-51(86)38-82-64)46-18-20-53(99-2)21-19-46/h5-9,11-22,27-28,31-32,36-41,44,51-52,58-60,63,78H,10,23-26,29-30,33-35,42-43H2,1-4H3,(H,81,97)(H,84,98)(H,85,88)(H,89,90)(H,91,92)(H,93,94)/t44-,51+,52+,58+,59+,60-,78+/m1/s1. The number of nitrogens with zero attached hydrogens (tertiary/aromatic N) is 4. The predicted molar refractivity (Wildman–Crippen MR) is 391 cm³/mol. The quantitative estimate of drug-likeness (QED) is 0.0248. The fraction of sp³-hybridized carbons (Fsp3) is 0.300. The third-order valence-corrected chi connectivity index (χ3v) is 19.7. The van der Waals surface area contributed by atoms with Crippen molar-refractivity contribution in [3.63, 3.8) is 0 Å². The summed E-state index contributed by atoms with van der Waals surface area (Å²) in [5.74, 6) is -6.12. The SMILES string of the molecule is COc1ccc(C2=CN3C(=O)c4cc(OC)c(OCCCOc5cc6c(cc5OC)C(=O)N5C=C(c7cccc(NC(=O)OCc8ccc(O[C@@H]9O[C@H](C)[C@H](CC(=O)O)[C@H](CC(=O)O)[C@H]9CC(=O)O)c(NC(=O)CCNC(=O)OCC9c%10ccccc%10-c%10ccccc%109)c8)c7)C[C@H]5C=N6)cc4N=C[C@@H]3C2)cc1. The van der Waals surface area contributed by atoms with Gasteiger partial charge in [-0.25, -0.2) is 9.59 Å². The van der Waals surface area contributed by atoms with Crippen LogP contribution in [-0.2, 0) is 40.0 Å². The minimum Gasteiger partial charge on any atom is -0.497 e. The van der Waals surface area contributed by atoms with Gasteiger partial charge in [-0.2, -0.15) is 0 Å². The summed E-state index contributed by atoms with van der Waals surface area (Å²) in [6, 6.07) is 40.7. The molecule has 7 aromatic rings. The summed E-state index contributed by atoms with van der Waals surface area (Å²) >= 11 is 0. The van der Waals surface area contributed by atoms with Crippen LogP contribution in [0.25, 0.3) is 22.3 Å². The molecule has 5 aliphatic heterocycles. The molecule has 5 heterocycles. The normalized spacial score (nSPS) is 19.3. The number of aliphatic carboxylic acids is 3. The van der Waals surface area contributed by atoms with E-state index in [1.165, 1.54) is 32.4 Å². The number of carbonyl (C=O) groups excluding carboxylic acids is 5. The summed E-state index contributed by atoms with van der Waals surface area (Å²) in [5.41, 5.74) is 9.84. The average Bonchev–Trinajstić information content (AvgIpc) is 1.67. The zero-order valence-corrected chi connectivity index (χ0v) is 58.8. The molecule has 7 aromatic carbocycles. The summed E-state index contributed by atoms with van der Waals surface area (Å²) in [5, 5.41) is 37.9. The first kappa shape index (κ1) is 72.8. The molecule has 0 unspecified atom stereocenters. The lowest BCUT2D eigenvalue weighted by Crippen LogP contribution is -2.51. The number of hydrogen-bond donors (Lipinski definition) is 6. The zero-order chi connectivity index (χ0) is 75.0. The number of methoxy groups -OCH3 is 3. The monoisotopic (exact) mass is 1460 g/mol. The van der Waals surface area contributed by atoms with E-state index in [0.717, 1.165) is 44.7 Å². The van der Waals surface area contributed by atoms with Crippen LogP contribution >= 0.6 is 0 Å². The van der Waals surface area contributed by atoms with Crippen LogP contribution in [0.3, 0.4) is 0 Å². The number of amides is 5. The number of aliphatic imine (C=N–C) groups is 2. The van der Waals surface area contributed by atoms with Crippen LogP contribution in [0.5, 0.6) is 34.5 Å². The molecule has 5 amide bonds. The summed E-state index contributed by atoms with van der Waals surface area (Å²) in [6.45, 7) is 1.49. The largest absolute Gasteiger partial charge is 0.497 e. The third-order valence-electron chi connectivity index (χ3n) is 19.7. The van der Waals surface area contributed by atoms with Crippen molar-refractivity contribution in [2.75, 3.05) is 58.3 Å². The minimum atomic E-state index is -1.44. The van der Waals surface area contributed by atoms with Gasteiger partial charge in [0, 0.05) is 93.1 Å². The van der Waals surface area contributed by atoms with Crippen LogP contribution in [0.2, 0.25) is 0 Å². The van der Waals surface area contributed by atoms with Crippen molar-refractivity contribution in [1.82, 2.24) is 15.1 Å². The lowest BCUT2D eigenvalue weighted by molar-refractivity contribution is -0.222. The van der Waals surface area contributed by atoms with Crippen LogP contribution in [0.15, 0.2) is 162 Å². The lowest BCUT2D eigenvalue weighted by Gasteiger charge is -2.45. The molecule has 7 atom stereocenters. The first-order valence-corrected chi connectivity index (χ1v) is 34.8. The van der Waals surface area contributed by atoms with Crippen molar-refractivity contribution in [3.05, 3.63) is 191 Å². The molecule has 0 saturated carbocycles. The van der Waals surface area contributed by atoms with Gasteiger partial charge in [-0.05, 0) is 117 Å². The van der Waals surface area contributed by atoms with Gasteiger partial charge in [0.15, 0.2) is 23.0 Å². The Morgan fingerprint density at radius 3 is 1.73 bits per heavy atom. The number of carbonyl (C=O) groups is 8. The Kier molecular flexibility index (Phi) is 21.9. The van der Waals surface area contributed by atoms with Crippen molar-refractivity contribution >= 4 is 94.1 Å². The summed E-state index contributed by atoms with van der Waals surface area (Å²) in [4.78, 5) is 118. The fourth-order valence-electron chi connectivity index (χ4n) is 14.5. The summed E-state index contributed by atoms with van der Waals surface area (Å²) in [7, 11) is 4.60. The molecule has 1 saturated heterocycles. The highest BCUT2D eigenvalue weighted by Gasteiger charge is 2.48. The highest BCUT2D eigenvalue weighted by atomic mass is 16.7. The number of rotatable bonds is 28. The lowest BCUT2D eigenvalue weighted by atomic mass is 9.71. The summed E-state index contributed by atoms with van der Waals surface area (Å²) < 4.78 is 53.0. The van der Waals surface area contributed by atoms with E-state index in [0.29, 0.717) is 76.0 Å². The zero-order valence-electron chi connectivity index (χ0n) is 58.8. The van der Waals surface area contributed by atoms with Gasteiger partial charge < -0.3 is 78.4 Å². The van der Waals surface area contributed by atoms with E-state index in [2.05, 4.69) is 16.0 Å². The second-order valence-electron chi connectivity index (χ2n) is 26.4. The second kappa shape index (κ2) is 32.2. The van der Waals surface area contributed by atoms with E-state index in [1.54, 1.807) is 84.9 Å². The topological polar surface area (TPSA) is 348 Å². The van der Waals surface area contributed by atoms with E-state index in [4.69, 9.17) is 52.6 Å². The van der Waals surface area contributed by atoms with E-state index in [-0.39, 0.29) is 80.2 Å². The van der Waals surface area contributed by atoms with Gasteiger partial charge in [0.2, 0.25) is 12.2 Å². The number of ether oxygens (including phenoxy) is 9. The molecule has 552 valence electrons. The Hall–Kier alpha value is -12.5. The maximum Gasteiger partial charge on any atom is 0.411 e. The summed E-state index contributed by atoms with van der Waals surface area (Å²) in [6.07, 6.45) is 2.53. The van der Waals surface area contributed by atoms with Gasteiger partial charge >= 0.3 is 30.1 Å². The number of alkyl carbamates (subject to hydrolysis) is 1. The van der Waals surface area contributed by atoms with E-state index in [9.17, 15) is 53.7 Å². The van der Waals surface area contributed by atoms with E-state index >= 15 is 0 Å². The highest BCUT2D eigenvalue weighted by molar-refractivity contribution is 6.07. The molecule has 0 spiro atoms. The molecule has 6 N–H and O–H groups in total. The van der Waals surface area contributed by atoms with Crippen LogP contribution < -0.4 is 44.4 Å². The van der Waals surface area contributed by atoms with Crippen molar-refractivity contribution in [3.8, 4) is 45.6 Å². The number of hydrogen-bond acceptors (Lipinski definition) is 19. The smallest absolute Gasteiger partial charge is 0.411 e. The molecular weight excluding hydrogens is 1380 g/mol. The number of carboxylic acids is 3. The molecule has 27 nitrogen and oxygen atoms in total. The number of fused-ring (bicyclic) bond motifs is 7. The van der Waals surface area contributed by atoms with Crippen molar-refractivity contribution in [2.24, 2.45) is 27.7 Å². The second-order valence-corrected chi connectivity index (χ2v) is 26.4. The number of carboxylic acid groups (broad SMARTS) is 3. The number of benzene rings is 7. The number of nitrogens with one attached hydrogen (secondary N) is 3. The molecule has 107 heavy (non-hydrogen) atoms. The van der Waals surface area contributed by atoms with Gasteiger partial charge in [0.1, 0.15) is 24.7 Å². The Bertz CT molecular complexity index is 4720. The molecule has 0 bridgehead atoms. The minimum absolute atomic E-state index is 0.00662. The maximum absolute atomic E-state index is 14.4. The highest BCUT2D eigenvalue weighted by Crippen LogP contribution is 2.47. The Labute approximate surface area is 614 Å². The Morgan fingerprint density at radius 2 is 1.14 bits per heavy atom. The van der Waals surface area contributed by atoms with Gasteiger partial charge in [-0.15, -0.1) is 0 Å². The van der Waals surface area contributed by atoms with Gasteiger partial charge in [-0.3, -0.25) is 44.1 Å². The fourth-order valence-corrected chi connectivity index (χ4v) is 14.5. The molecule has 13 rings (SSSR count). The molecular formula is C80H77N7O20. The van der Waals surface area contributed by atoms with Crippen LogP contribution in [-0.4, -0.2) is 158 Å². The first-order valence-electron chi connectivity index (χ1n) is 34.8. The Morgan fingerprint density at radius 1 is 0.561 bits per heavy atom. The maximum atomic E-state index is 14.4. The average molecular weight is 1460 g/mol. The molecule has 1 aliphatic carbocycles. The van der Waals surface area contributed by atoms with E-state index in [1.807, 2.05) is 85.1 Å². The van der Waals surface area contributed by atoms with Crippen LogP contribution in [0.1, 0.15) is 106 Å². The van der Waals surface area contributed by atoms with Crippen LogP contribution in [0.4, 0.5) is 32.3 Å².